The second-order valence-corrected chi connectivity index (χ2v) is 4.54. The van der Waals surface area contributed by atoms with Crippen molar-refractivity contribution in [2.75, 3.05) is 32.5 Å². The molecular weight excluding hydrogens is 224 g/mol. The zero-order valence-corrected chi connectivity index (χ0v) is 11.0. The van der Waals surface area contributed by atoms with Gasteiger partial charge in [0.1, 0.15) is 0 Å². The molecular formula is C14H20N4. The van der Waals surface area contributed by atoms with Gasteiger partial charge < -0.3 is 10.2 Å². The van der Waals surface area contributed by atoms with Crippen molar-refractivity contribution < 1.29 is 0 Å². The normalized spacial score (nSPS) is 10.8. The second kappa shape index (κ2) is 6.21. The third-order valence-corrected chi connectivity index (χ3v) is 2.74. The van der Waals surface area contributed by atoms with Crippen LogP contribution in [-0.2, 0) is 0 Å². The highest BCUT2D eigenvalue weighted by molar-refractivity contribution is 5.41. The van der Waals surface area contributed by atoms with Crippen LogP contribution in [0.1, 0.15) is 6.42 Å². The molecule has 0 saturated carbocycles. The van der Waals surface area contributed by atoms with Gasteiger partial charge in [-0.3, -0.25) is 4.57 Å². The van der Waals surface area contributed by atoms with E-state index >= 15 is 0 Å². The van der Waals surface area contributed by atoms with Crippen molar-refractivity contribution in [2.45, 2.75) is 6.42 Å². The van der Waals surface area contributed by atoms with E-state index in [-0.39, 0.29) is 0 Å². The quantitative estimate of drug-likeness (QED) is 0.791. The zero-order valence-electron chi connectivity index (χ0n) is 11.0. The number of rotatable bonds is 6. The van der Waals surface area contributed by atoms with Gasteiger partial charge in [-0.05, 0) is 39.2 Å². The van der Waals surface area contributed by atoms with Crippen molar-refractivity contribution in [1.82, 2.24) is 14.5 Å². The maximum atomic E-state index is 4.35. The molecule has 1 aromatic heterocycles. The third kappa shape index (κ3) is 3.34. The van der Waals surface area contributed by atoms with Crippen LogP contribution in [0.2, 0.25) is 0 Å². The Morgan fingerprint density at radius 3 is 2.72 bits per heavy atom. The van der Waals surface area contributed by atoms with E-state index in [1.165, 1.54) is 0 Å². The third-order valence-electron chi connectivity index (χ3n) is 2.74. The molecule has 0 aliphatic carbocycles. The first-order valence-corrected chi connectivity index (χ1v) is 6.25. The molecule has 2 rings (SSSR count). The molecule has 0 amide bonds. The predicted octanol–water partition coefficient (Wildman–Crippen LogP) is 2.24. The zero-order chi connectivity index (χ0) is 12.8. The number of anilines is 1. The number of benzene rings is 1. The van der Waals surface area contributed by atoms with Crippen molar-refractivity contribution in [1.29, 1.82) is 0 Å². The Morgan fingerprint density at radius 1 is 1.22 bits per heavy atom. The van der Waals surface area contributed by atoms with Gasteiger partial charge in [0.15, 0.2) is 0 Å². The molecule has 1 N–H and O–H groups in total. The Hall–Kier alpha value is -1.81. The standard InChI is InChI=1S/C14H20N4/c1-17(2)11-6-9-15-14-16-10-12-18(14)13-7-4-3-5-8-13/h3-5,7-8,10,12H,6,9,11H2,1-2H3,(H,15,16). The van der Waals surface area contributed by atoms with Crippen LogP contribution < -0.4 is 5.32 Å². The van der Waals surface area contributed by atoms with E-state index in [0.29, 0.717) is 0 Å². The summed E-state index contributed by atoms with van der Waals surface area (Å²) in [6, 6.07) is 10.2. The van der Waals surface area contributed by atoms with Gasteiger partial charge in [-0.25, -0.2) is 4.98 Å². The molecule has 0 radical (unpaired) electrons. The van der Waals surface area contributed by atoms with Crippen molar-refractivity contribution in [3.05, 3.63) is 42.7 Å². The molecule has 18 heavy (non-hydrogen) atoms. The first-order valence-electron chi connectivity index (χ1n) is 6.25. The summed E-state index contributed by atoms with van der Waals surface area (Å²) < 4.78 is 2.07. The second-order valence-electron chi connectivity index (χ2n) is 4.54. The Balaban J connectivity index is 1.96. The molecule has 0 unspecified atom stereocenters. The van der Waals surface area contributed by atoms with Crippen LogP contribution in [0.5, 0.6) is 0 Å². The van der Waals surface area contributed by atoms with Crippen LogP contribution >= 0.6 is 0 Å². The molecule has 0 aliphatic rings. The van der Waals surface area contributed by atoms with Crippen LogP contribution in [0.4, 0.5) is 5.95 Å². The number of hydrogen-bond acceptors (Lipinski definition) is 3. The van der Waals surface area contributed by atoms with Gasteiger partial charge in [-0.1, -0.05) is 18.2 Å². The van der Waals surface area contributed by atoms with Crippen molar-refractivity contribution in [2.24, 2.45) is 0 Å². The fourth-order valence-electron chi connectivity index (χ4n) is 1.83. The smallest absolute Gasteiger partial charge is 0.207 e. The summed E-state index contributed by atoms with van der Waals surface area (Å²) in [5.74, 6) is 0.903. The Bertz CT molecular complexity index is 462. The van der Waals surface area contributed by atoms with Gasteiger partial charge in [0, 0.05) is 24.6 Å². The largest absolute Gasteiger partial charge is 0.355 e. The van der Waals surface area contributed by atoms with Gasteiger partial charge in [0.25, 0.3) is 0 Å². The molecule has 4 nitrogen and oxygen atoms in total. The molecule has 0 atom stereocenters. The van der Waals surface area contributed by atoms with Crippen LogP contribution in [0.25, 0.3) is 5.69 Å². The monoisotopic (exact) mass is 244 g/mol. The van der Waals surface area contributed by atoms with E-state index in [0.717, 1.165) is 31.1 Å². The van der Waals surface area contributed by atoms with Crippen molar-refractivity contribution in [3.63, 3.8) is 0 Å². The minimum absolute atomic E-state index is 0.903. The first-order chi connectivity index (χ1) is 8.77. The van der Waals surface area contributed by atoms with Crippen LogP contribution in [0.15, 0.2) is 42.7 Å². The Labute approximate surface area is 108 Å². The van der Waals surface area contributed by atoms with Crippen molar-refractivity contribution >= 4 is 5.95 Å². The van der Waals surface area contributed by atoms with Gasteiger partial charge in [0.2, 0.25) is 5.95 Å². The number of hydrogen-bond donors (Lipinski definition) is 1. The molecule has 0 bridgehead atoms. The average molecular weight is 244 g/mol. The summed E-state index contributed by atoms with van der Waals surface area (Å²) in [5, 5.41) is 3.37. The van der Waals surface area contributed by atoms with Crippen LogP contribution in [-0.4, -0.2) is 41.6 Å². The molecule has 96 valence electrons. The highest BCUT2D eigenvalue weighted by Crippen LogP contribution is 2.13. The fourth-order valence-corrected chi connectivity index (χ4v) is 1.83. The summed E-state index contributed by atoms with van der Waals surface area (Å²) in [5.41, 5.74) is 1.13. The maximum Gasteiger partial charge on any atom is 0.207 e. The summed E-state index contributed by atoms with van der Waals surface area (Å²) >= 11 is 0. The SMILES string of the molecule is CN(C)CCCNc1nccn1-c1ccccc1. The van der Waals surface area contributed by atoms with Gasteiger partial charge in [-0.15, -0.1) is 0 Å². The van der Waals surface area contributed by atoms with E-state index < -0.39 is 0 Å². The highest BCUT2D eigenvalue weighted by Gasteiger charge is 2.03. The van der Waals surface area contributed by atoms with E-state index in [9.17, 15) is 0 Å². The van der Waals surface area contributed by atoms with Gasteiger partial charge in [0.05, 0.1) is 0 Å². The number of nitrogens with one attached hydrogen (secondary N) is 1. The summed E-state index contributed by atoms with van der Waals surface area (Å²) in [7, 11) is 4.18. The van der Waals surface area contributed by atoms with E-state index in [1.54, 1.807) is 0 Å². The number of para-hydroxylation sites is 1. The molecule has 0 aliphatic heterocycles. The summed E-state index contributed by atoms with van der Waals surface area (Å²) in [6.45, 7) is 2.01. The van der Waals surface area contributed by atoms with Crippen molar-refractivity contribution in [3.8, 4) is 5.69 Å². The van der Waals surface area contributed by atoms with Crippen LogP contribution in [0, 0.1) is 0 Å². The highest BCUT2D eigenvalue weighted by atomic mass is 15.2. The van der Waals surface area contributed by atoms with Gasteiger partial charge in [-0.2, -0.15) is 0 Å². The number of nitrogens with zero attached hydrogens (tertiary/aromatic N) is 3. The molecule has 4 heteroatoms. The lowest BCUT2D eigenvalue weighted by Gasteiger charge is -2.11. The minimum atomic E-state index is 0.903. The molecule has 2 aromatic rings. The average Bonchev–Trinajstić information content (AvgIpc) is 2.84. The maximum absolute atomic E-state index is 4.35. The predicted molar refractivity (Wildman–Crippen MR) is 75.2 cm³/mol. The lowest BCUT2D eigenvalue weighted by Crippen LogP contribution is -2.17. The Morgan fingerprint density at radius 2 is 2.00 bits per heavy atom. The minimum Gasteiger partial charge on any atom is -0.355 e. The van der Waals surface area contributed by atoms with E-state index in [4.69, 9.17) is 0 Å². The molecule has 1 aromatic carbocycles. The fraction of sp³-hybridized carbons (Fsp3) is 0.357. The first kappa shape index (κ1) is 12.6. The lowest BCUT2D eigenvalue weighted by atomic mass is 10.3. The van der Waals surface area contributed by atoms with Gasteiger partial charge >= 0.3 is 0 Å². The van der Waals surface area contributed by atoms with E-state index in [2.05, 4.69) is 46.0 Å². The molecule has 0 saturated heterocycles. The molecule has 1 heterocycles. The van der Waals surface area contributed by atoms with E-state index in [1.807, 2.05) is 30.6 Å². The Kier molecular flexibility index (Phi) is 4.36. The number of aromatic nitrogens is 2. The lowest BCUT2D eigenvalue weighted by molar-refractivity contribution is 0.405. The molecule has 0 spiro atoms. The van der Waals surface area contributed by atoms with Crippen LogP contribution in [0.3, 0.4) is 0 Å². The topological polar surface area (TPSA) is 33.1 Å². The number of imidazole rings is 1. The molecule has 0 fully saturated rings. The summed E-state index contributed by atoms with van der Waals surface area (Å²) in [6.07, 6.45) is 4.90. The summed E-state index contributed by atoms with van der Waals surface area (Å²) in [4.78, 5) is 6.53.